The first-order chi connectivity index (χ1) is 10.9. The molecule has 0 aliphatic carbocycles. The van der Waals surface area contributed by atoms with Crippen molar-refractivity contribution >= 4 is 12.0 Å². The molecule has 122 valence electrons. The summed E-state index contributed by atoms with van der Waals surface area (Å²) in [5.74, 6) is 0. The average molecular weight is 308 g/mol. The summed E-state index contributed by atoms with van der Waals surface area (Å²) >= 11 is 0. The lowest BCUT2D eigenvalue weighted by atomic mass is 9.94. The van der Waals surface area contributed by atoms with E-state index in [9.17, 15) is 0 Å². The fraction of sp³-hybridized carbons (Fsp3) is 0.381. The molecule has 0 bridgehead atoms. The fourth-order valence-corrected chi connectivity index (χ4v) is 2.69. The maximum atomic E-state index is 4.57. The lowest BCUT2D eigenvalue weighted by molar-refractivity contribution is 0.552. The second kappa shape index (κ2) is 7.45. The molecule has 0 atom stereocenters. The Morgan fingerprint density at radius 2 is 1.57 bits per heavy atom. The molecular formula is C21H28N2. The van der Waals surface area contributed by atoms with Gasteiger partial charge in [0.2, 0.25) is 0 Å². The maximum absolute atomic E-state index is 4.57. The summed E-state index contributed by atoms with van der Waals surface area (Å²) in [7, 11) is 2.04. The molecule has 2 aromatic rings. The van der Waals surface area contributed by atoms with Crippen LogP contribution in [0.4, 0.5) is 5.69 Å². The van der Waals surface area contributed by atoms with Gasteiger partial charge >= 0.3 is 0 Å². The van der Waals surface area contributed by atoms with E-state index >= 15 is 0 Å². The van der Waals surface area contributed by atoms with Crippen molar-refractivity contribution in [3.05, 3.63) is 63.7 Å². The van der Waals surface area contributed by atoms with Crippen molar-refractivity contribution in [3.63, 3.8) is 0 Å². The summed E-state index contributed by atoms with van der Waals surface area (Å²) in [4.78, 5) is 6.65. The zero-order valence-electron chi connectivity index (χ0n) is 15.3. The molecule has 2 aromatic carbocycles. The lowest BCUT2D eigenvalue weighted by Crippen LogP contribution is -2.14. The Balaban J connectivity index is 2.26. The van der Waals surface area contributed by atoms with Crippen molar-refractivity contribution in [2.75, 3.05) is 13.6 Å². The van der Waals surface area contributed by atoms with Crippen LogP contribution in [0.5, 0.6) is 0 Å². The first-order valence-corrected chi connectivity index (χ1v) is 8.31. The van der Waals surface area contributed by atoms with Crippen LogP contribution < -0.4 is 0 Å². The highest BCUT2D eigenvalue weighted by Crippen LogP contribution is 2.25. The highest BCUT2D eigenvalue weighted by molar-refractivity contribution is 5.62. The average Bonchev–Trinajstić information content (AvgIpc) is 2.51. The predicted octanol–water partition coefficient (Wildman–Crippen LogP) is 5.12. The van der Waals surface area contributed by atoms with Crippen LogP contribution in [-0.2, 0) is 6.42 Å². The minimum atomic E-state index is 0.965. The summed E-state index contributed by atoms with van der Waals surface area (Å²) in [6.07, 6.45) is 2.88. The van der Waals surface area contributed by atoms with Gasteiger partial charge in [0.15, 0.2) is 0 Å². The van der Waals surface area contributed by atoms with Crippen molar-refractivity contribution in [1.82, 2.24) is 4.90 Å². The van der Waals surface area contributed by atoms with Gasteiger partial charge in [-0.2, -0.15) is 0 Å². The van der Waals surface area contributed by atoms with Gasteiger partial charge in [-0.25, -0.2) is 4.99 Å². The first kappa shape index (κ1) is 17.3. The Hall–Kier alpha value is -2.09. The number of hydrogen-bond acceptors (Lipinski definition) is 1. The van der Waals surface area contributed by atoms with Crippen molar-refractivity contribution in [1.29, 1.82) is 0 Å². The molecule has 0 radical (unpaired) electrons. The molecule has 2 rings (SSSR count). The lowest BCUT2D eigenvalue weighted by Gasteiger charge is -2.13. The standard InChI is InChI=1S/C21H28N2/c1-7-23(6)14-22-20-11-17(4)21(18(5)12-20)13-19-9-8-15(2)16(3)10-19/h8-12,14H,7,13H2,1-6H3. The number of aryl methyl sites for hydroxylation is 4. The van der Waals surface area contributed by atoms with E-state index in [0.717, 1.165) is 18.7 Å². The molecule has 0 N–H and O–H groups in total. The third-order valence-electron chi connectivity index (χ3n) is 4.54. The first-order valence-electron chi connectivity index (χ1n) is 8.31. The van der Waals surface area contributed by atoms with Crippen LogP contribution in [0, 0.1) is 27.7 Å². The molecule has 2 heteroatoms. The molecule has 0 fully saturated rings. The second-order valence-corrected chi connectivity index (χ2v) is 6.47. The number of aliphatic imine (C=N–C) groups is 1. The van der Waals surface area contributed by atoms with Gasteiger partial charge in [-0.1, -0.05) is 18.2 Å². The van der Waals surface area contributed by atoms with Gasteiger partial charge < -0.3 is 4.90 Å². The van der Waals surface area contributed by atoms with E-state index in [1.165, 1.54) is 33.4 Å². The molecule has 2 nitrogen and oxygen atoms in total. The van der Waals surface area contributed by atoms with Gasteiger partial charge in [-0.05, 0) is 86.6 Å². The Kier molecular flexibility index (Phi) is 5.59. The van der Waals surface area contributed by atoms with Gasteiger partial charge in [0, 0.05) is 13.6 Å². The third kappa shape index (κ3) is 4.44. The van der Waals surface area contributed by atoms with Crippen LogP contribution in [-0.4, -0.2) is 24.8 Å². The molecule has 0 aliphatic heterocycles. The van der Waals surface area contributed by atoms with Crippen molar-refractivity contribution in [2.24, 2.45) is 4.99 Å². The summed E-state index contributed by atoms with van der Waals surface area (Å²) < 4.78 is 0. The van der Waals surface area contributed by atoms with Crippen LogP contribution in [0.3, 0.4) is 0 Å². The minimum Gasteiger partial charge on any atom is -0.366 e. The van der Waals surface area contributed by atoms with Gasteiger partial charge in [0.1, 0.15) is 0 Å². The van der Waals surface area contributed by atoms with Crippen LogP contribution >= 0.6 is 0 Å². The van der Waals surface area contributed by atoms with E-state index < -0.39 is 0 Å². The van der Waals surface area contributed by atoms with E-state index in [4.69, 9.17) is 0 Å². The molecule has 0 aromatic heterocycles. The highest BCUT2D eigenvalue weighted by atomic mass is 15.1. The zero-order valence-corrected chi connectivity index (χ0v) is 15.3. The van der Waals surface area contributed by atoms with E-state index in [2.05, 4.69) is 74.8 Å². The van der Waals surface area contributed by atoms with Crippen molar-refractivity contribution < 1.29 is 0 Å². The molecule has 0 heterocycles. The highest BCUT2D eigenvalue weighted by Gasteiger charge is 2.07. The van der Waals surface area contributed by atoms with Crippen molar-refractivity contribution in [2.45, 2.75) is 41.0 Å². The Morgan fingerprint density at radius 1 is 0.913 bits per heavy atom. The van der Waals surface area contributed by atoms with Crippen LogP contribution in [0.15, 0.2) is 35.3 Å². The molecule has 0 unspecified atom stereocenters. The van der Waals surface area contributed by atoms with E-state index in [1.54, 1.807) is 0 Å². The molecule has 0 saturated heterocycles. The Bertz CT molecular complexity index is 691. The summed E-state index contributed by atoms with van der Waals surface area (Å²) in [5, 5.41) is 0. The minimum absolute atomic E-state index is 0.965. The number of rotatable bonds is 5. The summed E-state index contributed by atoms with van der Waals surface area (Å²) in [5.41, 5.74) is 9.17. The third-order valence-corrected chi connectivity index (χ3v) is 4.54. The molecular weight excluding hydrogens is 280 g/mol. The van der Waals surface area contributed by atoms with Crippen LogP contribution in [0.2, 0.25) is 0 Å². The normalized spacial score (nSPS) is 11.2. The smallest absolute Gasteiger partial charge is 0.0909 e. The van der Waals surface area contributed by atoms with Gasteiger partial charge in [-0.15, -0.1) is 0 Å². The molecule has 23 heavy (non-hydrogen) atoms. The number of nitrogens with zero attached hydrogens (tertiary/aromatic N) is 2. The molecule has 0 amide bonds. The molecule has 0 spiro atoms. The summed E-state index contributed by atoms with van der Waals surface area (Å²) in [6.45, 7) is 11.8. The fourth-order valence-electron chi connectivity index (χ4n) is 2.69. The Labute approximate surface area is 140 Å². The SMILES string of the molecule is CCN(C)C=Nc1cc(C)c(Cc2ccc(C)c(C)c2)c(C)c1. The molecule has 0 saturated carbocycles. The van der Waals surface area contributed by atoms with Crippen LogP contribution in [0.1, 0.15) is 40.3 Å². The van der Waals surface area contributed by atoms with Crippen molar-refractivity contribution in [3.8, 4) is 0 Å². The second-order valence-electron chi connectivity index (χ2n) is 6.47. The van der Waals surface area contributed by atoms with E-state index in [0.29, 0.717) is 0 Å². The number of benzene rings is 2. The van der Waals surface area contributed by atoms with E-state index in [-0.39, 0.29) is 0 Å². The quantitative estimate of drug-likeness (QED) is 0.553. The maximum Gasteiger partial charge on any atom is 0.0909 e. The molecule has 0 aliphatic rings. The predicted molar refractivity (Wildman–Crippen MR) is 101 cm³/mol. The Morgan fingerprint density at radius 3 is 2.13 bits per heavy atom. The summed E-state index contributed by atoms with van der Waals surface area (Å²) in [6, 6.07) is 11.1. The topological polar surface area (TPSA) is 15.6 Å². The number of hydrogen-bond donors (Lipinski definition) is 0. The van der Waals surface area contributed by atoms with Crippen LogP contribution in [0.25, 0.3) is 0 Å². The zero-order chi connectivity index (χ0) is 17.0. The van der Waals surface area contributed by atoms with Gasteiger partial charge in [0.25, 0.3) is 0 Å². The van der Waals surface area contributed by atoms with Gasteiger partial charge in [-0.3, -0.25) is 0 Å². The monoisotopic (exact) mass is 308 g/mol. The largest absolute Gasteiger partial charge is 0.366 e. The van der Waals surface area contributed by atoms with Gasteiger partial charge in [0.05, 0.1) is 12.0 Å². The van der Waals surface area contributed by atoms with E-state index in [1.807, 2.05) is 13.4 Å².